The minimum Gasteiger partial charge on any atom is -0.352 e. The molecule has 1 unspecified atom stereocenters. The molecule has 7 heteroatoms. The van der Waals surface area contributed by atoms with Gasteiger partial charge in [0.15, 0.2) is 0 Å². The Balaban J connectivity index is 1.58. The number of piperazine rings is 1. The molecule has 1 aliphatic rings. The number of nitrogens with one attached hydrogen (secondary N) is 1. The third kappa shape index (κ3) is 5.71. The van der Waals surface area contributed by atoms with Gasteiger partial charge in [0.05, 0.1) is 12.5 Å². The van der Waals surface area contributed by atoms with Gasteiger partial charge in [-0.05, 0) is 29.7 Å². The monoisotopic (exact) mass is 414 g/mol. The van der Waals surface area contributed by atoms with Crippen LogP contribution in [0.25, 0.3) is 0 Å². The smallest absolute Gasteiger partial charge is 0.312 e. The number of nitrogens with zero attached hydrogens (tertiary/aromatic N) is 2. The van der Waals surface area contributed by atoms with Gasteiger partial charge in [0.1, 0.15) is 0 Å². The van der Waals surface area contributed by atoms with Gasteiger partial charge in [-0.3, -0.25) is 9.69 Å². The predicted octanol–water partition coefficient (Wildman–Crippen LogP) is 3.09. The lowest BCUT2D eigenvalue weighted by Gasteiger charge is -2.35. The van der Waals surface area contributed by atoms with Crippen LogP contribution in [0.15, 0.2) is 48.5 Å². The predicted molar refractivity (Wildman–Crippen MR) is 115 cm³/mol. The van der Waals surface area contributed by atoms with Crippen molar-refractivity contribution in [1.29, 1.82) is 0 Å². The molecule has 6 nitrogen and oxygen atoms in total. The largest absolute Gasteiger partial charge is 0.352 e. The fourth-order valence-corrected chi connectivity index (χ4v) is 3.92. The fourth-order valence-electron chi connectivity index (χ4n) is 3.66. The van der Waals surface area contributed by atoms with E-state index in [-0.39, 0.29) is 12.3 Å². The number of hydrogen-bond acceptors (Lipinski definition) is 3. The van der Waals surface area contributed by atoms with E-state index in [0.29, 0.717) is 23.7 Å². The van der Waals surface area contributed by atoms with Gasteiger partial charge < -0.3 is 16.0 Å². The van der Waals surface area contributed by atoms with Crippen LogP contribution in [0.4, 0.5) is 4.79 Å². The summed E-state index contributed by atoms with van der Waals surface area (Å²) in [6, 6.07) is 14.3. The van der Waals surface area contributed by atoms with Crippen molar-refractivity contribution in [2.24, 2.45) is 5.73 Å². The number of hydrogen-bond donors (Lipinski definition) is 2. The number of aryl methyl sites for hydroxylation is 1. The highest BCUT2D eigenvalue weighted by atomic mass is 35.5. The summed E-state index contributed by atoms with van der Waals surface area (Å²) in [6.45, 7) is 5.98. The zero-order valence-electron chi connectivity index (χ0n) is 16.6. The SMILES string of the molecule is Cc1ccccc1CN1CCN(C(=O)CC(NC(N)=O)c2ccccc2Cl)CC1. The number of nitrogens with two attached hydrogens (primary N) is 1. The van der Waals surface area contributed by atoms with Crippen LogP contribution >= 0.6 is 11.6 Å². The van der Waals surface area contributed by atoms with Gasteiger partial charge >= 0.3 is 6.03 Å². The van der Waals surface area contributed by atoms with Crippen molar-refractivity contribution in [2.45, 2.75) is 25.9 Å². The van der Waals surface area contributed by atoms with Crippen LogP contribution in [0, 0.1) is 6.92 Å². The van der Waals surface area contributed by atoms with Gasteiger partial charge in [0, 0.05) is 37.7 Å². The Bertz CT molecular complexity index is 865. The molecule has 1 heterocycles. The molecule has 2 aromatic carbocycles. The molecular formula is C22H27ClN4O2. The van der Waals surface area contributed by atoms with Crippen LogP contribution in [0.5, 0.6) is 0 Å². The van der Waals surface area contributed by atoms with Crippen molar-refractivity contribution in [2.75, 3.05) is 26.2 Å². The average molecular weight is 415 g/mol. The quantitative estimate of drug-likeness (QED) is 0.762. The van der Waals surface area contributed by atoms with Gasteiger partial charge in [-0.15, -0.1) is 0 Å². The highest BCUT2D eigenvalue weighted by Gasteiger charge is 2.26. The van der Waals surface area contributed by atoms with Crippen LogP contribution in [-0.4, -0.2) is 47.9 Å². The summed E-state index contributed by atoms with van der Waals surface area (Å²) in [5, 5.41) is 3.15. The van der Waals surface area contributed by atoms with E-state index >= 15 is 0 Å². The van der Waals surface area contributed by atoms with E-state index in [1.165, 1.54) is 11.1 Å². The van der Waals surface area contributed by atoms with Gasteiger partial charge in [-0.2, -0.15) is 0 Å². The molecule has 0 spiro atoms. The molecule has 1 atom stereocenters. The first kappa shape index (κ1) is 21.1. The van der Waals surface area contributed by atoms with Gasteiger partial charge in [-0.25, -0.2) is 4.79 Å². The summed E-state index contributed by atoms with van der Waals surface area (Å²) in [7, 11) is 0. The Morgan fingerprint density at radius 1 is 1.07 bits per heavy atom. The maximum Gasteiger partial charge on any atom is 0.312 e. The molecular weight excluding hydrogens is 388 g/mol. The second-order valence-corrected chi connectivity index (χ2v) is 7.78. The molecule has 0 saturated carbocycles. The molecule has 0 aromatic heterocycles. The molecule has 0 aliphatic carbocycles. The Kier molecular flexibility index (Phi) is 7.12. The summed E-state index contributed by atoms with van der Waals surface area (Å²) >= 11 is 6.26. The Morgan fingerprint density at radius 3 is 2.38 bits per heavy atom. The highest BCUT2D eigenvalue weighted by molar-refractivity contribution is 6.31. The number of carbonyl (C=O) groups excluding carboxylic acids is 2. The minimum absolute atomic E-state index is 0.0146. The lowest BCUT2D eigenvalue weighted by Crippen LogP contribution is -2.49. The van der Waals surface area contributed by atoms with Crippen molar-refractivity contribution in [3.8, 4) is 0 Å². The van der Waals surface area contributed by atoms with Crippen LogP contribution in [0.3, 0.4) is 0 Å². The molecule has 154 valence electrons. The van der Waals surface area contributed by atoms with Crippen LogP contribution < -0.4 is 11.1 Å². The molecule has 3 rings (SSSR count). The number of halogens is 1. The average Bonchev–Trinajstić information content (AvgIpc) is 2.70. The first-order valence-corrected chi connectivity index (χ1v) is 10.2. The first-order chi connectivity index (χ1) is 13.9. The van der Waals surface area contributed by atoms with Crippen LogP contribution in [-0.2, 0) is 11.3 Å². The maximum absolute atomic E-state index is 12.9. The zero-order chi connectivity index (χ0) is 20.8. The first-order valence-electron chi connectivity index (χ1n) is 9.79. The number of carbonyl (C=O) groups is 2. The molecule has 0 radical (unpaired) electrons. The third-order valence-corrected chi connectivity index (χ3v) is 5.70. The fraction of sp³-hybridized carbons (Fsp3) is 0.364. The number of rotatable bonds is 6. The Morgan fingerprint density at radius 2 is 1.72 bits per heavy atom. The molecule has 29 heavy (non-hydrogen) atoms. The molecule has 1 saturated heterocycles. The third-order valence-electron chi connectivity index (χ3n) is 5.36. The molecule has 1 aliphatic heterocycles. The Hall–Kier alpha value is -2.57. The van der Waals surface area contributed by atoms with E-state index in [9.17, 15) is 9.59 Å². The molecule has 1 fully saturated rings. The van der Waals surface area contributed by atoms with Crippen LogP contribution in [0.1, 0.15) is 29.2 Å². The zero-order valence-corrected chi connectivity index (χ0v) is 17.4. The van der Waals surface area contributed by atoms with Gasteiger partial charge in [-0.1, -0.05) is 54.1 Å². The summed E-state index contributed by atoms with van der Waals surface area (Å²) in [5.74, 6) is -0.0146. The molecule has 3 amide bonds. The van der Waals surface area contributed by atoms with Crippen molar-refractivity contribution in [1.82, 2.24) is 15.1 Å². The lowest BCUT2D eigenvalue weighted by molar-refractivity contribution is -0.133. The summed E-state index contributed by atoms with van der Waals surface area (Å²) in [6.07, 6.45) is 0.129. The summed E-state index contributed by atoms with van der Waals surface area (Å²) < 4.78 is 0. The van der Waals surface area contributed by atoms with E-state index < -0.39 is 12.1 Å². The minimum atomic E-state index is -0.675. The van der Waals surface area contributed by atoms with E-state index in [0.717, 1.165) is 19.6 Å². The van der Waals surface area contributed by atoms with Crippen molar-refractivity contribution < 1.29 is 9.59 Å². The van der Waals surface area contributed by atoms with Crippen LogP contribution in [0.2, 0.25) is 5.02 Å². The molecule has 2 aromatic rings. The molecule has 3 N–H and O–H groups in total. The van der Waals surface area contributed by atoms with Gasteiger partial charge in [0.25, 0.3) is 0 Å². The number of primary amides is 1. The number of urea groups is 1. The van der Waals surface area contributed by atoms with E-state index in [1.54, 1.807) is 12.1 Å². The van der Waals surface area contributed by atoms with E-state index in [4.69, 9.17) is 17.3 Å². The standard InChI is InChI=1S/C22H27ClN4O2/c1-16-6-2-3-7-17(16)15-26-10-12-27(13-11-26)21(28)14-20(25-22(24)29)18-8-4-5-9-19(18)23/h2-9,20H,10-15H2,1H3,(H3,24,25,29). The van der Waals surface area contributed by atoms with Gasteiger partial charge in [0.2, 0.25) is 5.91 Å². The second kappa shape index (κ2) is 9.76. The summed E-state index contributed by atoms with van der Waals surface area (Å²) in [4.78, 5) is 28.5. The lowest BCUT2D eigenvalue weighted by atomic mass is 10.0. The molecule has 0 bridgehead atoms. The topological polar surface area (TPSA) is 78.7 Å². The van der Waals surface area contributed by atoms with E-state index in [1.807, 2.05) is 23.1 Å². The highest BCUT2D eigenvalue weighted by Crippen LogP contribution is 2.26. The number of amides is 3. The van der Waals surface area contributed by atoms with Crippen molar-refractivity contribution >= 4 is 23.5 Å². The number of benzene rings is 2. The van der Waals surface area contributed by atoms with Crippen molar-refractivity contribution in [3.05, 3.63) is 70.2 Å². The second-order valence-electron chi connectivity index (χ2n) is 7.37. The van der Waals surface area contributed by atoms with Crippen molar-refractivity contribution in [3.63, 3.8) is 0 Å². The maximum atomic E-state index is 12.9. The normalized spacial score (nSPS) is 15.7. The summed E-state index contributed by atoms with van der Waals surface area (Å²) in [5.41, 5.74) is 8.61. The van der Waals surface area contributed by atoms with E-state index in [2.05, 4.69) is 35.3 Å². The Labute approximate surface area is 176 Å².